The Kier molecular flexibility index (Phi) is 5.33. The minimum absolute atomic E-state index is 0.237. The maximum absolute atomic E-state index is 11.9. The van der Waals surface area contributed by atoms with Crippen LogP contribution in [-0.2, 0) is 16.1 Å². The monoisotopic (exact) mass is 352 g/mol. The Hall–Kier alpha value is -3.55. The molecule has 8 nitrogen and oxygen atoms in total. The molecule has 0 saturated carbocycles. The zero-order chi connectivity index (χ0) is 18.4. The van der Waals surface area contributed by atoms with Gasteiger partial charge in [-0.2, -0.15) is 4.80 Å². The van der Waals surface area contributed by atoms with E-state index in [2.05, 4.69) is 15.4 Å². The molecule has 2 aromatic carbocycles. The first-order valence-electron chi connectivity index (χ1n) is 7.82. The summed E-state index contributed by atoms with van der Waals surface area (Å²) in [7, 11) is 1.57. The third-order valence-electron chi connectivity index (χ3n) is 3.51. The average molecular weight is 352 g/mol. The van der Waals surface area contributed by atoms with Crippen LogP contribution >= 0.6 is 0 Å². The zero-order valence-electron chi connectivity index (χ0n) is 14.0. The number of tetrazole rings is 1. The summed E-state index contributed by atoms with van der Waals surface area (Å²) in [5.41, 5.74) is 1.20. The third kappa shape index (κ3) is 4.29. The van der Waals surface area contributed by atoms with Crippen LogP contribution in [0.3, 0.4) is 0 Å². The van der Waals surface area contributed by atoms with Crippen molar-refractivity contribution in [3.05, 3.63) is 60.2 Å². The maximum atomic E-state index is 11.9. The molecule has 0 unspecified atom stereocenters. The van der Waals surface area contributed by atoms with Gasteiger partial charge in [-0.3, -0.25) is 4.79 Å². The van der Waals surface area contributed by atoms with Gasteiger partial charge in [0.15, 0.2) is 18.9 Å². The van der Waals surface area contributed by atoms with Crippen LogP contribution in [0.5, 0.6) is 5.75 Å². The molecule has 0 saturated heterocycles. The van der Waals surface area contributed by atoms with Crippen molar-refractivity contribution in [3.8, 4) is 17.1 Å². The van der Waals surface area contributed by atoms with Crippen molar-refractivity contribution >= 4 is 11.8 Å². The maximum Gasteiger partial charge on any atom is 0.330 e. The number of methoxy groups -OCH3 is 1. The highest BCUT2D eigenvalue weighted by molar-refractivity contribution is 5.97. The van der Waals surface area contributed by atoms with Gasteiger partial charge in [-0.25, -0.2) is 4.79 Å². The second kappa shape index (κ2) is 8.02. The van der Waals surface area contributed by atoms with E-state index in [1.807, 2.05) is 0 Å². The predicted octanol–water partition coefficient (Wildman–Crippen LogP) is 1.77. The lowest BCUT2D eigenvalue weighted by Gasteiger charge is -2.03. The molecule has 0 aliphatic carbocycles. The Bertz CT molecular complexity index is 908. The van der Waals surface area contributed by atoms with Crippen LogP contribution in [0.2, 0.25) is 0 Å². The van der Waals surface area contributed by atoms with Crippen LogP contribution in [0.25, 0.3) is 11.4 Å². The molecule has 132 valence electrons. The third-order valence-corrected chi connectivity index (χ3v) is 3.51. The Morgan fingerprint density at radius 1 is 1.08 bits per heavy atom. The number of carbonyl (C=O) groups is 2. The number of benzene rings is 2. The van der Waals surface area contributed by atoms with Gasteiger partial charge >= 0.3 is 5.97 Å². The van der Waals surface area contributed by atoms with Crippen LogP contribution in [0.4, 0.5) is 0 Å². The molecule has 0 atom stereocenters. The summed E-state index contributed by atoms with van der Waals surface area (Å²) in [6.45, 7) is -0.570. The van der Waals surface area contributed by atoms with Gasteiger partial charge in [0, 0.05) is 11.1 Å². The average Bonchev–Trinajstić information content (AvgIpc) is 3.15. The topological polar surface area (TPSA) is 96.2 Å². The predicted molar refractivity (Wildman–Crippen MR) is 91.5 cm³/mol. The molecule has 1 aromatic heterocycles. The summed E-state index contributed by atoms with van der Waals surface area (Å²) in [5, 5.41) is 11.9. The lowest BCUT2D eigenvalue weighted by molar-refractivity contribution is -0.143. The van der Waals surface area contributed by atoms with Crippen molar-refractivity contribution in [1.29, 1.82) is 0 Å². The van der Waals surface area contributed by atoms with Crippen LogP contribution in [-0.4, -0.2) is 45.7 Å². The molecular formula is C18H16N4O4. The molecule has 26 heavy (non-hydrogen) atoms. The number of ketones is 1. The molecule has 0 aliphatic rings. The molecule has 8 heteroatoms. The summed E-state index contributed by atoms with van der Waals surface area (Å²) in [6.07, 6.45) is 0. The first kappa shape index (κ1) is 17.3. The number of esters is 1. The largest absolute Gasteiger partial charge is 0.497 e. The molecule has 0 radical (unpaired) electrons. The van der Waals surface area contributed by atoms with E-state index in [1.165, 1.54) is 0 Å². The Morgan fingerprint density at radius 2 is 1.88 bits per heavy atom. The van der Waals surface area contributed by atoms with E-state index in [4.69, 9.17) is 9.47 Å². The van der Waals surface area contributed by atoms with Gasteiger partial charge in [0.1, 0.15) is 5.75 Å². The van der Waals surface area contributed by atoms with Gasteiger partial charge in [0.2, 0.25) is 5.82 Å². The zero-order valence-corrected chi connectivity index (χ0v) is 14.0. The number of carbonyl (C=O) groups excluding carboxylic acids is 2. The number of Topliss-reactive ketones (excluding diaryl/α,β-unsaturated/α-hetero) is 1. The molecule has 3 aromatic rings. The van der Waals surface area contributed by atoms with Gasteiger partial charge in [0.25, 0.3) is 0 Å². The first-order chi connectivity index (χ1) is 12.7. The molecule has 0 aliphatic heterocycles. The number of aromatic nitrogens is 4. The van der Waals surface area contributed by atoms with E-state index in [0.717, 1.165) is 4.80 Å². The molecule has 0 spiro atoms. The van der Waals surface area contributed by atoms with E-state index in [9.17, 15) is 9.59 Å². The molecule has 3 rings (SSSR count). The molecule has 0 amide bonds. The smallest absolute Gasteiger partial charge is 0.330 e. The number of hydrogen-bond acceptors (Lipinski definition) is 7. The summed E-state index contributed by atoms with van der Waals surface area (Å²) in [4.78, 5) is 24.9. The first-order valence-corrected chi connectivity index (χ1v) is 7.82. The van der Waals surface area contributed by atoms with Gasteiger partial charge in [-0.05, 0) is 17.3 Å². The molecule has 1 heterocycles. The standard InChI is InChI=1S/C18H16N4O4/c1-25-15-9-5-8-14(10-15)18-19-21-22(20-18)11-17(24)26-12-16(23)13-6-3-2-4-7-13/h2-10H,11-12H2,1H3. The van der Waals surface area contributed by atoms with E-state index >= 15 is 0 Å². The fourth-order valence-electron chi connectivity index (χ4n) is 2.20. The minimum atomic E-state index is -0.621. The highest BCUT2D eigenvalue weighted by Crippen LogP contribution is 2.19. The number of ether oxygens (including phenoxy) is 2. The van der Waals surface area contributed by atoms with Crippen LogP contribution in [0.1, 0.15) is 10.4 Å². The Morgan fingerprint density at radius 3 is 2.65 bits per heavy atom. The van der Waals surface area contributed by atoms with Gasteiger partial charge < -0.3 is 9.47 Å². The highest BCUT2D eigenvalue weighted by atomic mass is 16.5. The lowest BCUT2D eigenvalue weighted by Crippen LogP contribution is -2.19. The summed E-state index contributed by atoms with van der Waals surface area (Å²) in [5.74, 6) is 0.126. The fraction of sp³-hybridized carbons (Fsp3) is 0.167. The molecule has 0 bridgehead atoms. The number of hydrogen-bond donors (Lipinski definition) is 0. The van der Waals surface area contributed by atoms with Crippen molar-refractivity contribution in [3.63, 3.8) is 0 Å². The minimum Gasteiger partial charge on any atom is -0.497 e. The second-order valence-electron chi connectivity index (χ2n) is 5.33. The normalized spacial score (nSPS) is 10.3. The summed E-state index contributed by atoms with van der Waals surface area (Å²) < 4.78 is 10.1. The number of nitrogens with zero attached hydrogens (tertiary/aromatic N) is 4. The van der Waals surface area contributed by atoms with Gasteiger partial charge in [-0.15, -0.1) is 10.2 Å². The van der Waals surface area contributed by atoms with Crippen molar-refractivity contribution in [2.45, 2.75) is 6.54 Å². The molecule has 0 N–H and O–H groups in total. The fourth-order valence-corrected chi connectivity index (χ4v) is 2.20. The summed E-state index contributed by atoms with van der Waals surface area (Å²) in [6, 6.07) is 15.8. The molecular weight excluding hydrogens is 336 g/mol. The van der Waals surface area contributed by atoms with E-state index in [1.54, 1.807) is 61.7 Å². The van der Waals surface area contributed by atoms with E-state index in [0.29, 0.717) is 22.7 Å². The Balaban J connectivity index is 1.57. The SMILES string of the molecule is COc1cccc(-c2nnn(CC(=O)OCC(=O)c3ccccc3)n2)c1. The van der Waals surface area contributed by atoms with Crippen molar-refractivity contribution in [2.24, 2.45) is 0 Å². The van der Waals surface area contributed by atoms with Crippen molar-refractivity contribution in [2.75, 3.05) is 13.7 Å². The van der Waals surface area contributed by atoms with E-state index in [-0.39, 0.29) is 18.9 Å². The molecule has 0 fully saturated rings. The van der Waals surface area contributed by atoms with Gasteiger partial charge in [-0.1, -0.05) is 42.5 Å². The van der Waals surface area contributed by atoms with Crippen molar-refractivity contribution < 1.29 is 19.1 Å². The highest BCUT2D eigenvalue weighted by Gasteiger charge is 2.13. The number of rotatable bonds is 7. The van der Waals surface area contributed by atoms with Crippen LogP contribution in [0.15, 0.2) is 54.6 Å². The Labute approximate surface area is 149 Å². The second-order valence-corrected chi connectivity index (χ2v) is 5.33. The quantitative estimate of drug-likeness (QED) is 0.472. The van der Waals surface area contributed by atoms with Crippen LogP contribution in [0, 0.1) is 0 Å². The van der Waals surface area contributed by atoms with Gasteiger partial charge in [0.05, 0.1) is 7.11 Å². The lowest BCUT2D eigenvalue weighted by atomic mass is 10.1. The van der Waals surface area contributed by atoms with Crippen LogP contribution < -0.4 is 4.74 Å². The van der Waals surface area contributed by atoms with Crippen molar-refractivity contribution in [1.82, 2.24) is 20.2 Å². The van der Waals surface area contributed by atoms with E-state index < -0.39 is 5.97 Å². The summed E-state index contributed by atoms with van der Waals surface area (Å²) >= 11 is 0.